The predicted octanol–water partition coefficient (Wildman–Crippen LogP) is 3.49. The van der Waals surface area contributed by atoms with Crippen LogP contribution >= 0.6 is 11.5 Å². The first kappa shape index (κ1) is 15.6. The fourth-order valence-electron chi connectivity index (χ4n) is 2.20. The molecule has 6 nitrogen and oxygen atoms in total. The third-order valence-electron chi connectivity index (χ3n) is 3.37. The van der Waals surface area contributed by atoms with E-state index in [1.165, 1.54) is 11.5 Å². The molecule has 3 rings (SSSR count). The van der Waals surface area contributed by atoms with Gasteiger partial charge in [0.1, 0.15) is 11.5 Å². The summed E-state index contributed by atoms with van der Waals surface area (Å²) in [5, 5.41) is 12.6. The van der Waals surface area contributed by atoms with E-state index in [2.05, 4.69) is 38.8 Å². The summed E-state index contributed by atoms with van der Waals surface area (Å²) in [7, 11) is 0. The Morgan fingerprint density at radius 2 is 1.96 bits per heavy atom. The first-order chi connectivity index (χ1) is 11.1. The summed E-state index contributed by atoms with van der Waals surface area (Å²) in [5.74, 6) is 1.45. The standard InChI is InChI=1S/C16H20N6S/c1-11(2)9-15-18-16(23-20-15)17-12(3)14-10-22(21-19-14)13-7-5-4-6-8-13/h4-8,10-12H,9H2,1-3H3,(H,17,18,20). The van der Waals surface area contributed by atoms with Gasteiger partial charge >= 0.3 is 0 Å². The van der Waals surface area contributed by atoms with E-state index in [-0.39, 0.29) is 6.04 Å². The molecule has 1 N–H and O–H groups in total. The largest absolute Gasteiger partial charge is 0.352 e. The highest BCUT2D eigenvalue weighted by Gasteiger charge is 2.13. The summed E-state index contributed by atoms with van der Waals surface area (Å²) >= 11 is 1.39. The minimum atomic E-state index is 0.0207. The first-order valence-electron chi connectivity index (χ1n) is 7.68. The number of hydrogen-bond acceptors (Lipinski definition) is 6. The Labute approximate surface area is 139 Å². The molecular formula is C16H20N6S. The maximum atomic E-state index is 4.52. The van der Waals surface area contributed by atoms with Crippen LogP contribution in [0.3, 0.4) is 0 Å². The van der Waals surface area contributed by atoms with Gasteiger partial charge < -0.3 is 5.32 Å². The van der Waals surface area contributed by atoms with E-state index in [0.29, 0.717) is 5.92 Å². The van der Waals surface area contributed by atoms with Crippen molar-refractivity contribution in [2.45, 2.75) is 33.2 Å². The van der Waals surface area contributed by atoms with Gasteiger partial charge in [-0.25, -0.2) is 9.67 Å². The van der Waals surface area contributed by atoms with Gasteiger partial charge in [-0.05, 0) is 25.0 Å². The second-order valence-corrected chi connectivity index (χ2v) is 6.66. The van der Waals surface area contributed by atoms with Crippen LogP contribution in [0.15, 0.2) is 36.5 Å². The summed E-state index contributed by atoms with van der Waals surface area (Å²) in [6, 6.07) is 9.97. The van der Waals surface area contributed by atoms with Crippen LogP contribution in [0.4, 0.5) is 5.13 Å². The zero-order chi connectivity index (χ0) is 16.2. The molecule has 0 amide bonds. The van der Waals surface area contributed by atoms with Gasteiger partial charge in [-0.15, -0.1) is 5.10 Å². The SMILES string of the molecule is CC(C)Cc1nsc(NC(C)c2cn(-c3ccccc3)nn2)n1. The van der Waals surface area contributed by atoms with Crippen molar-refractivity contribution in [2.75, 3.05) is 5.32 Å². The monoisotopic (exact) mass is 328 g/mol. The summed E-state index contributed by atoms with van der Waals surface area (Å²) in [6.45, 7) is 6.38. The molecule has 120 valence electrons. The molecular weight excluding hydrogens is 308 g/mol. The molecule has 1 unspecified atom stereocenters. The first-order valence-corrected chi connectivity index (χ1v) is 8.46. The number of benzene rings is 1. The Morgan fingerprint density at radius 3 is 2.70 bits per heavy atom. The fraction of sp³-hybridized carbons (Fsp3) is 0.375. The summed E-state index contributed by atoms with van der Waals surface area (Å²) in [4.78, 5) is 4.52. The molecule has 2 aromatic heterocycles. The van der Waals surface area contributed by atoms with Crippen LogP contribution < -0.4 is 5.32 Å². The predicted molar refractivity (Wildman–Crippen MR) is 91.8 cm³/mol. The molecule has 2 heterocycles. The number of para-hydroxylation sites is 1. The van der Waals surface area contributed by atoms with Crippen LogP contribution in [0, 0.1) is 5.92 Å². The third-order valence-corrected chi connectivity index (χ3v) is 4.06. The van der Waals surface area contributed by atoms with E-state index in [1.54, 1.807) is 4.68 Å². The van der Waals surface area contributed by atoms with Gasteiger partial charge in [-0.2, -0.15) is 4.37 Å². The number of nitrogens with one attached hydrogen (secondary N) is 1. The highest BCUT2D eigenvalue weighted by Crippen LogP contribution is 2.20. The zero-order valence-corrected chi connectivity index (χ0v) is 14.3. The van der Waals surface area contributed by atoms with Gasteiger partial charge in [0.05, 0.1) is 17.9 Å². The lowest BCUT2D eigenvalue weighted by Gasteiger charge is -2.08. The molecule has 3 aromatic rings. The third kappa shape index (κ3) is 3.92. The van der Waals surface area contributed by atoms with Gasteiger partial charge in [0.2, 0.25) is 5.13 Å². The lowest BCUT2D eigenvalue weighted by Crippen LogP contribution is -2.07. The van der Waals surface area contributed by atoms with Crippen LogP contribution in [0.25, 0.3) is 5.69 Å². The van der Waals surface area contributed by atoms with Crippen LogP contribution in [-0.2, 0) is 6.42 Å². The molecule has 0 saturated carbocycles. The van der Waals surface area contributed by atoms with E-state index in [4.69, 9.17) is 0 Å². The number of rotatable bonds is 6. The topological polar surface area (TPSA) is 68.5 Å². The highest BCUT2D eigenvalue weighted by atomic mass is 32.1. The molecule has 0 bridgehead atoms. The van der Waals surface area contributed by atoms with Crippen LogP contribution in [0.5, 0.6) is 0 Å². The number of nitrogens with zero attached hydrogens (tertiary/aromatic N) is 5. The summed E-state index contributed by atoms with van der Waals surface area (Å²) in [5.41, 5.74) is 1.86. The van der Waals surface area contributed by atoms with Gasteiger partial charge in [0.25, 0.3) is 0 Å². The minimum Gasteiger partial charge on any atom is -0.352 e. The van der Waals surface area contributed by atoms with Gasteiger partial charge in [0.15, 0.2) is 0 Å². The number of hydrogen-bond donors (Lipinski definition) is 1. The maximum absolute atomic E-state index is 4.52. The molecule has 1 aromatic carbocycles. The average molecular weight is 328 g/mol. The number of aromatic nitrogens is 5. The highest BCUT2D eigenvalue weighted by molar-refractivity contribution is 7.09. The van der Waals surface area contributed by atoms with Crippen LogP contribution in [-0.4, -0.2) is 24.4 Å². The normalized spacial score (nSPS) is 12.5. The van der Waals surface area contributed by atoms with Crippen molar-refractivity contribution in [1.29, 1.82) is 0 Å². The molecule has 0 radical (unpaired) electrons. The Balaban J connectivity index is 1.68. The fourth-order valence-corrected chi connectivity index (χ4v) is 2.88. The molecule has 7 heteroatoms. The Morgan fingerprint density at radius 1 is 1.17 bits per heavy atom. The van der Waals surface area contributed by atoms with Crippen molar-refractivity contribution in [3.63, 3.8) is 0 Å². The molecule has 23 heavy (non-hydrogen) atoms. The number of anilines is 1. The zero-order valence-electron chi connectivity index (χ0n) is 13.5. The molecule has 0 spiro atoms. The smallest absolute Gasteiger partial charge is 0.203 e. The van der Waals surface area contributed by atoms with Gasteiger partial charge in [-0.1, -0.05) is 37.3 Å². The van der Waals surface area contributed by atoms with E-state index in [0.717, 1.165) is 28.8 Å². The maximum Gasteiger partial charge on any atom is 0.203 e. The Hall–Kier alpha value is -2.28. The lowest BCUT2D eigenvalue weighted by atomic mass is 10.1. The van der Waals surface area contributed by atoms with Crippen molar-refractivity contribution in [2.24, 2.45) is 5.92 Å². The van der Waals surface area contributed by atoms with Crippen molar-refractivity contribution in [1.82, 2.24) is 24.4 Å². The van der Waals surface area contributed by atoms with Crippen LogP contribution in [0.2, 0.25) is 0 Å². The molecule has 0 saturated heterocycles. The van der Waals surface area contributed by atoms with Gasteiger partial charge in [-0.3, -0.25) is 0 Å². The average Bonchev–Trinajstić information content (AvgIpc) is 3.17. The van der Waals surface area contributed by atoms with E-state index in [1.807, 2.05) is 43.5 Å². The lowest BCUT2D eigenvalue weighted by molar-refractivity contribution is 0.627. The van der Waals surface area contributed by atoms with E-state index < -0.39 is 0 Å². The van der Waals surface area contributed by atoms with Crippen molar-refractivity contribution < 1.29 is 0 Å². The van der Waals surface area contributed by atoms with Gasteiger partial charge in [0, 0.05) is 18.0 Å². The summed E-state index contributed by atoms with van der Waals surface area (Å²) < 4.78 is 6.16. The molecule has 0 aliphatic rings. The van der Waals surface area contributed by atoms with Crippen molar-refractivity contribution >= 4 is 16.7 Å². The Bertz CT molecular complexity index is 749. The second-order valence-electron chi connectivity index (χ2n) is 5.90. The van der Waals surface area contributed by atoms with Crippen molar-refractivity contribution in [3.8, 4) is 5.69 Å². The molecule has 1 atom stereocenters. The molecule has 0 aliphatic heterocycles. The van der Waals surface area contributed by atoms with Crippen LogP contribution in [0.1, 0.15) is 38.3 Å². The molecule has 0 fully saturated rings. The van der Waals surface area contributed by atoms with Crippen molar-refractivity contribution in [3.05, 3.63) is 48.0 Å². The molecule has 0 aliphatic carbocycles. The van der Waals surface area contributed by atoms with E-state index >= 15 is 0 Å². The Kier molecular flexibility index (Phi) is 4.66. The van der Waals surface area contributed by atoms with E-state index in [9.17, 15) is 0 Å². The summed E-state index contributed by atoms with van der Waals surface area (Å²) in [6.07, 6.45) is 2.83. The second kappa shape index (κ2) is 6.87. The minimum absolute atomic E-state index is 0.0207. The quantitative estimate of drug-likeness (QED) is 0.750.